The number of hydrogen-bond acceptors (Lipinski definition) is 3. The molecule has 0 bridgehead atoms. The van der Waals surface area contributed by atoms with E-state index in [1.54, 1.807) is 48.5 Å². The van der Waals surface area contributed by atoms with Crippen LogP contribution in [-0.2, 0) is 9.84 Å². The Morgan fingerprint density at radius 2 is 1.77 bits per heavy atom. The van der Waals surface area contributed by atoms with Gasteiger partial charge in [0.2, 0.25) is 0 Å². The Morgan fingerprint density at radius 1 is 1.09 bits per heavy atom. The third-order valence-corrected chi connectivity index (χ3v) is 6.69. The van der Waals surface area contributed by atoms with Gasteiger partial charge in [0.15, 0.2) is 9.84 Å². The second kappa shape index (κ2) is 5.65. The van der Waals surface area contributed by atoms with E-state index >= 15 is 0 Å². The molecule has 114 valence electrons. The van der Waals surface area contributed by atoms with Crippen molar-refractivity contribution >= 4 is 38.6 Å². The Hall–Kier alpha value is -1.43. The Bertz CT molecular complexity index is 821. The van der Waals surface area contributed by atoms with E-state index in [-0.39, 0.29) is 16.8 Å². The molecule has 3 rings (SSSR count). The first-order valence-corrected chi connectivity index (χ1v) is 9.10. The van der Waals surface area contributed by atoms with Crippen LogP contribution in [0.5, 0.6) is 0 Å². The van der Waals surface area contributed by atoms with Gasteiger partial charge in [-0.3, -0.25) is 0 Å². The van der Waals surface area contributed by atoms with Gasteiger partial charge in [0.25, 0.3) is 0 Å². The topological polar surface area (TPSA) is 60.2 Å². The molecule has 1 saturated carbocycles. The number of rotatable bonds is 4. The van der Waals surface area contributed by atoms with Crippen LogP contribution in [0.15, 0.2) is 59.5 Å². The van der Waals surface area contributed by atoms with Crippen molar-refractivity contribution in [3.8, 4) is 0 Å². The fraction of sp³-hybridized carbons (Fsp3) is 0.188. The van der Waals surface area contributed by atoms with Crippen LogP contribution in [0.2, 0.25) is 5.02 Å². The molecular weight excluding hydrogens is 338 g/mol. The number of hydrogen-bond donors (Lipinski definition) is 1. The zero-order valence-electron chi connectivity index (χ0n) is 11.5. The molecule has 0 amide bonds. The van der Waals surface area contributed by atoms with Crippen molar-refractivity contribution in [1.29, 1.82) is 0 Å². The van der Waals surface area contributed by atoms with Gasteiger partial charge in [0.1, 0.15) is 0 Å². The molecule has 6 heteroatoms. The summed E-state index contributed by atoms with van der Waals surface area (Å²) in [6.45, 7) is 0. The van der Waals surface area contributed by atoms with Crippen LogP contribution in [0.3, 0.4) is 0 Å². The van der Waals surface area contributed by atoms with Crippen LogP contribution < -0.4 is 5.73 Å². The van der Waals surface area contributed by atoms with Crippen molar-refractivity contribution in [3.63, 3.8) is 0 Å². The minimum Gasteiger partial charge on any atom is -0.393 e. The highest BCUT2D eigenvalue weighted by Gasteiger charge is 2.60. The van der Waals surface area contributed by atoms with Crippen molar-refractivity contribution in [2.45, 2.75) is 16.1 Å². The summed E-state index contributed by atoms with van der Waals surface area (Å²) < 4.78 is 25.7. The van der Waals surface area contributed by atoms with Gasteiger partial charge in [-0.05, 0) is 29.8 Å². The molecule has 2 N–H and O–H groups in total. The highest BCUT2D eigenvalue weighted by Crippen LogP contribution is 2.54. The van der Waals surface area contributed by atoms with Gasteiger partial charge in [0, 0.05) is 16.9 Å². The average Bonchev–Trinajstić information content (AvgIpc) is 3.25. The van der Waals surface area contributed by atoms with Gasteiger partial charge in [-0.2, -0.15) is 0 Å². The van der Waals surface area contributed by atoms with Crippen LogP contribution in [-0.4, -0.2) is 18.7 Å². The Kier molecular flexibility index (Phi) is 3.97. The molecule has 2 aromatic rings. The quantitative estimate of drug-likeness (QED) is 0.859. The molecule has 1 aliphatic carbocycles. The largest absolute Gasteiger partial charge is 0.393 e. The monoisotopic (exact) mass is 351 g/mol. The average molecular weight is 352 g/mol. The molecule has 1 fully saturated rings. The van der Waals surface area contributed by atoms with Crippen molar-refractivity contribution in [2.75, 3.05) is 0 Å². The Labute approximate surface area is 140 Å². The van der Waals surface area contributed by atoms with Crippen LogP contribution in [0, 0.1) is 5.92 Å². The fourth-order valence-electron chi connectivity index (χ4n) is 2.89. The van der Waals surface area contributed by atoms with Gasteiger partial charge in [0.05, 0.1) is 15.1 Å². The Balaban J connectivity index is 2.01. The molecule has 3 nitrogen and oxygen atoms in total. The van der Waals surface area contributed by atoms with Crippen LogP contribution >= 0.6 is 23.8 Å². The molecule has 0 aliphatic heterocycles. The van der Waals surface area contributed by atoms with E-state index < -0.39 is 15.1 Å². The standard InChI is InChI=1S/C16H14ClNO2S2/c17-11-6-4-5-10(9-11)13-14(16(18)21)15(13)22(19,20)12-7-2-1-3-8-12/h1-9,13-15H,(H2,18,21). The summed E-state index contributed by atoms with van der Waals surface area (Å²) in [4.78, 5) is 0.528. The summed E-state index contributed by atoms with van der Waals surface area (Å²) in [6.07, 6.45) is 0. The zero-order valence-corrected chi connectivity index (χ0v) is 13.9. The van der Waals surface area contributed by atoms with Gasteiger partial charge in [-0.15, -0.1) is 0 Å². The van der Waals surface area contributed by atoms with Crippen molar-refractivity contribution < 1.29 is 8.42 Å². The number of thiocarbonyl (C=S) groups is 1. The number of benzene rings is 2. The lowest BCUT2D eigenvalue weighted by Crippen LogP contribution is -2.17. The molecule has 3 unspecified atom stereocenters. The van der Waals surface area contributed by atoms with Crippen molar-refractivity contribution in [1.82, 2.24) is 0 Å². The fourth-order valence-corrected chi connectivity index (χ4v) is 5.64. The van der Waals surface area contributed by atoms with Gasteiger partial charge >= 0.3 is 0 Å². The maximum atomic E-state index is 12.8. The summed E-state index contributed by atoms with van der Waals surface area (Å²) in [7, 11) is -3.48. The lowest BCUT2D eigenvalue weighted by molar-refractivity contribution is 0.593. The summed E-state index contributed by atoms with van der Waals surface area (Å²) in [5.74, 6) is -0.583. The number of nitrogens with two attached hydrogens (primary N) is 1. The number of sulfone groups is 1. The molecule has 0 spiro atoms. The van der Waals surface area contributed by atoms with Crippen molar-refractivity contribution in [2.24, 2.45) is 11.7 Å². The molecule has 22 heavy (non-hydrogen) atoms. The third-order valence-electron chi connectivity index (χ3n) is 3.95. The maximum absolute atomic E-state index is 12.8. The van der Waals surface area contributed by atoms with E-state index in [2.05, 4.69) is 0 Å². The summed E-state index contributed by atoms with van der Waals surface area (Å²) >= 11 is 11.1. The van der Waals surface area contributed by atoms with Crippen LogP contribution in [0.4, 0.5) is 0 Å². The normalized spacial score (nSPS) is 24.0. The van der Waals surface area contributed by atoms with Gasteiger partial charge < -0.3 is 5.73 Å². The van der Waals surface area contributed by atoms with Crippen molar-refractivity contribution in [3.05, 3.63) is 65.2 Å². The number of halogens is 1. The van der Waals surface area contributed by atoms with E-state index in [1.165, 1.54) is 0 Å². The minimum atomic E-state index is -3.48. The van der Waals surface area contributed by atoms with E-state index in [0.717, 1.165) is 5.56 Å². The van der Waals surface area contributed by atoms with Crippen LogP contribution in [0.1, 0.15) is 11.5 Å². The first kappa shape index (κ1) is 15.5. The Morgan fingerprint density at radius 3 is 2.36 bits per heavy atom. The van der Waals surface area contributed by atoms with Crippen LogP contribution in [0.25, 0.3) is 0 Å². The lowest BCUT2D eigenvalue weighted by Gasteiger charge is -2.04. The molecule has 3 atom stereocenters. The second-order valence-corrected chi connectivity index (χ2v) is 8.35. The van der Waals surface area contributed by atoms with Gasteiger partial charge in [-0.1, -0.05) is 54.2 Å². The van der Waals surface area contributed by atoms with E-state index in [1.807, 2.05) is 6.07 Å². The molecule has 0 heterocycles. The summed E-state index contributed by atoms with van der Waals surface area (Å²) in [6, 6.07) is 15.6. The molecule has 0 saturated heterocycles. The molecular formula is C16H14ClNO2S2. The molecule has 1 aliphatic rings. The third kappa shape index (κ3) is 2.64. The zero-order chi connectivity index (χ0) is 15.9. The maximum Gasteiger partial charge on any atom is 0.182 e. The summed E-state index contributed by atoms with van der Waals surface area (Å²) in [5.41, 5.74) is 6.62. The van der Waals surface area contributed by atoms with E-state index in [9.17, 15) is 8.42 Å². The first-order valence-electron chi connectivity index (χ1n) is 6.76. The van der Waals surface area contributed by atoms with Gasteiger partial charge in [-0.25, -0.2) is 8.42 Å². The second-order valence-electron chi connectivity index (χ2n) is 5.33. The van der Waals surface area contributed by atoms with E-state index in [0.29, 0.717) is 9.92 Å². The predicted octanol–water partition coefficient (Wildman–Crippen LogP) is 3.18. The van der Waals surface area contributed by atoms with E-state index in [4.69, 9.17) is 29.6 Å². The molecule has 0 aromatic heterocycles. The minimum absolute atomic E-state index is 0.231. The first-order chi connectivity index (χ1) is 10.4. The summed E-state index contributed by atoms with van der Waals surface area (Å²) in [5, 5.41) is -0.0483. The highest BCUT2D eigenvalue weighted by molar-refractivity contribution is 7.92. The lowest BCUT2D eigenvalue weighted by atomic mass is 10.1. The SMILES string of the molecule is NC(=S)C1C(c2cccc(Cl)c2)C1S(=O)(=O)c1ccccc1. The smallest absolute Gasteiger partial charge is 0.182 e. The highest BCUT2D eigenvalue weighted by atomic mass is 35.5. The molecule has 0 radical (unpaired) electrons. The molecule has 2 aromatic carbocycles. The predicted molar refractivity (Wildman–Crippen MR) is 91.9 cm³/mol.